The Hall–Kier alpha value is -3.52. The molecule has 1 atom stereocenters. The maximum Gasteiger partial charge on any atom is 0.271 e. The van der Waals surface area contributed by atoms with Gasteiger partial charge in [-0.2, -0.15) is 5.10 Å². The molecule has 2 N–H and O–H groups in total. The third-order valence-electron chi connectivity index (χ3n) is 5.52. The van der Waals surface area contributed by atoms with Crippen LogP contribution in [0.25, 0.3) is 0 Å². The highest BCUT2D eigenvalue weighted by molar-refractivity contribution is 9.10. The SMILES string of the molecule is O=C(N/N=C\c1cc([N+](=O)[O-])cc(Br)c1O)C1CC1(c1ccccc1)c1ccccc1. The molecule has 1 aliphatic carbocycles. The Morgan fingerprint density at radius 2 is 1.71 bits per heavy atom. The molecule has 1 saturated carbocycles. The molecule has 0 aromatic heterocycles. The highest BCUT2D eigenvalue weighted by atomic mass is 79.9. The lowest BCUT2D eigenvalue weighted by Gasteiger charge is -2.18. The van der Waals surface area contributed by atoms with Gasteiger partial charge in [0.25, 0.3) is 5.69 Å². The number of nitro benzene ring substituents is 1. The van der Waals surface area contributed by atoms with Gasteiger partial charge in [-0.3, -0.25) is 14.9 Å². The largest absolute Gasteiger partial charge is 0.506 e. The minimum absolute atomic E-state index is 0.120. The second kappa shape index (κ2) is 8.31. The summed E-state index contributed by atoms with van der Waals surface area (Å²) in [6.07, 6.45) is 1.84. The van der Waals surface area contributed by atoms with Crippen LogP contribution in [0.15, 0.2) is 82.4 Å². The fourth-order valence-corrected chi connectivity index (χ4v) is 4.37. The quantitative estimate of drug-likeness (QED) is 0.308. The monoisotopic (exact) mass is 479 g/mol. The Kier molecular flexibility index (Phi) is 5.56. The van der Waals surface area contributed by atoms with Gasteiger partial charge < -0.3 is 5.11 Å². The van der Waals surface area contributed by atoms with E-state index in [1.54, 1.807) is 0 Å². The highest BCUT2D eigenvalue weighted by Crippen LogP contribution is 2.58. The van der Waals surface area contributed by atoms with Gasteiger partial charge in [0.2, 0.25) is 5.91 Å². The van der Waals surface area contributed by atoms with Crippen molar-refractivity contribution in [3.05, 3.63) is 104 Å². The van der Waals surface area contributed by atoms with Gasteiger partial charge in [-0.05, 0) is 33.5 Å². The fraction of sp³-hybridized carbons (Fsp3) is 0.130. The Balaban J connectivity index is 1.55. The smallest absolute Gasteiger partial charge is 0.271 e. The summed E-state index contributed by atoms with van der Waals surface area (Å²) < 4.78 is 0.170. The molecule has 0 saturated heterocycles. The number of amides is 1. The molecule has 3 aromatic rings. The number of phenols is 1. The molecular formula is C23H18BrN3O4. The van der Waals surface area contributed by atoms with Gasteiger partial charge >= 0.3 is 0 Å². The first-order chi connectivity index (χ1) is 14.9. The van der Waals surface area contributed by atoms with Crippen LogP contribution in [-0.2, 0) is 10.2 Å². The van der Waals surface area contributed by atoms with Gasteiger partial charge in [-0.25, -0.2) is 5.43 Å². The van der Waals surface area contributed by atoms with Crippen molar-refractivity contribution in [1.82, 2.24) is 5.43 Å². The number of benzene rings is 3. The molecule has 0 radical (unpaired) electrons. The summed E-state index contributed by atoms with van der Waals surface area (Å²) in [4.78, 5) is 23.3. The predicted octanol–water partition coefficient (Wildman–Crippen LogP) is 4.52. The third kappa shape index (κ3) is 3.94. The Labute approximate surface area is 186 Å². The molecule has 0 spiro atoms. The van der Waals surface area contributed by atoms with E-state index in [1.807, 2.05) is 60.7 Å². The van der Waals surface area contributed by atoms with Crippen LogP contribution in [0, 0.1) is 16.0 Å². The normalized spacial score (nSPS) is 16.7. The topological polar surface area (TPSA) is 105 Å². The first kappa shape index (κ1) is 20.7. The molecule has 8 heteroatoms. The van der Waals surface area contributed by atoms with E-state index < -0.39 is 10.3 Å². The molecule has 31 heavy (non-hydrogen) atoms. The van der Waals surface area contributed by atoms with E-state index in [1.165, 1.54) is 18.3 Å². The average molecular weight is 480 g/mol. The molecule has 1 unspecified atom stereocenters. The van der Waals surface area contributed by atoms with Gasteiger partial charge in [0.1, 0.15) is 5.75 Å². The molecule has 1 amide bonds. The average Bonchev–Trinajstić information content (AvgIpc) is 3.55. The molecule has 1 aliphatic rings. The molecule has 156 valence electrons. The predicted molar refractivity (Wildman–Crippen MR) is 120 cm³/mol. The number of hydrogen-bond donors (Lipinski definition) is 2. The van der Waals surface area contributed by atoms with Crippen molar-refractivity contribution < 1.29 is 14.8 Å². The summed E-state index contributed by atoms with van der Waals surface area (Å²) in [5.41, 5.74) is 4.14. The number of non-ortho nitro benzene ring substituents is 1. The van der Waals surface area contributed by atoms with Crippen LogP contribution in [0.5, 0.6) is 5.75 Å². The molecule has 0 bridgehead atoms. The van der Waals surface area contributed by atoms with E-state index >= 15 is 0 Å². The molecular weight excluding hydrogens is 462 g/mol. The zero-order valence-corrected chi connectivity index (χ0v) is 17.8. The van der Waals surface area contributed by atoms with E-state index in [0.717, 1.165) is 11.1 Å². The van der Waals surface area contributed by atoms with Crippen molar-refractivity contribution in [2.75, 3.05) is 0 Å². The summed E-state index contributed by atoms with van der Waals surface area (Å²) in [6.45, 7) is 0. The summed E-state index contributed by atoms with van der Waals surface area (Å²) in [6, 6.07) is 22.1. The molecule has 7 nitrogen and oxygen atoms in total. The molecule has 0 aliphatic heterocycles. The first-order valence-electron chi connectivity index (χ1n) is 9.54. The van der Waals surface area contributed by atoms with E-state index in [0.29, 0.717) is 6.42 Å². The van der Waals surface area contributed by atoms with Crippen LogP contribution in [0.1, 0.15) is 23.1 Å². The molecule has 4 rings (SSSR count). The van der Waals surface area contributed by atoms with Crippen LogP contribution in [0.3, 0.4) is 0 Å². The minimum atomic E-state index is -0.571. The van der Waals surface area contributed by atoms with Crippen molar-refractivity contribution in [2.24, 2.45) is 11.0 Å². The minimum Gasteiger partial charge on any atom is -0.506 e. The second-order valence-electron chi connectivity index (χ2n) is 7.32. The van der Waals surface area contributed by atoms with Crippen molar-refractivity contribution in [1.29, 1.82) is 0 Å². The number of nitro groups is 1. The molecule has 3 aromatic carbocycles. The summed E-state index contributed by atoms with van der Waals surface area (Å²) in [5.74, 6) is -0.759. The summed E-state index contributed by atoms with van der Waals surface area (Å²) in [7, 11) is 0. The first-order valence-corrected chi connectivity index (χ1v) is 10.3. The van der Waals surface area contributed by atoms with Crippen LogP contribution in [0.2, 0.25) is 0 Å². The summed E-state index contributed by atoms with van der Waals surface area (Å²) >= 11 is 3.08. The third-order valence-corrected chi connectivity index (χ3v) is 6.13. The Morgan fingerprint density at radius 3 is 2.26 bits per heavy atom. The van der Waals surface area contributed by atoms with Crippen LogP contribution in [-0.4, -0.2) is 22.2 Å². The lowest BCUT2D eigenvalue weighted by atomic mass is 9.85. The Bertz CT molecular complexity index is 1130. The highest BCUT2D eigenvalue weighted by Gasteiger charge is 2.60. The number of hydrogen-bond acceptors (Lipinski definition) is 5. The number of rotatable bonds is 6. The van der Waals surface area contributed by atoms with Crippen molar-refractivity contribution >= 4 is 33.7 Å². The van der Waals surface area contributed by atoms with E-state index in [-0.39, 0.29) is 33.3 Å². The Morgan fingerprint density at radius 1 is 1.13 bits per heavy atom. The second-order valence-corrected chi connectivity index (χ2v) is 8.17. The van der Waals surface area contributed by atoms with Gasteiger partial charge in [-0.1, -0.05) is 60.7 Å². The van der Waals surface area contributed by atoms with Gasteiger partial charge in [0.05, 0.1) is 21.5 Å². The molecule has 1 fully saturated rings. The fourth-order valence-electron chi connectivity index (χ4n) is 3.91. The van der Waals surface area contributed by atoms with Crippen molar-refractivity contribution in [3.63, 3.8) is 0 Å². The van der Waals surface area contributed by atoms with Crippen LogP contribution in [0.4, 0.5) is 5.69 Å². The number of aromatic hydroxyl groups is 1. The lowest BCUT2D eigenvalue weighted by Crippen LogP contribution is -2.25. The number of nitrogens with one attached hydrogen (secondary N) is 1. The van der Waals surface area contributed by atoms with E-state index in [2.05, 4.69) is 26.5 Å². The number of carbonyl (C=O) groups is 1. The number of nitrogens with zero attached hydrogens (tertiary/aromatic N) is 2. The lowest BCUT2D eigenvalue weighted by molar-refractivity contribution is -0.385. The van der Waals surface area contributed by atoms with E-state index in [9.17, 15) is 20.0 Å². The summed E-state index contributed by atoms with van der Waals surface area (Å²) in [5, 5.41) is 25.1. The van der Waals surface area contributed by atoms with Gasteiger partial charge in [-0.15, -0.1) is 0 Å². The number of phenolic OH excluding ortho intramolecular Hbond substituents is 1. The van der Waals surface area contributed by atoms with Crippen LogP contribution < -0.4 is 5.43 Å². The van der Waals surface area contributed by atoms with Gasteiger partial charge in [0.15, 0.2) is 0 Å². The maximum absolute atomic E-state index is 12.9. The van der Waals surface area contributed by atoms with Crippen LogP contribution >= 0.6 is 15.9 Å². The zero-order chi connectivity index (χ0) is 22.0. The van der Waals surface area contributed by atoms with Crippen molar-refractivity contribution in [2.45, 2.75) is 11.8 Å². The molecule has 0 heterocycles. The standard InChI is InChI=1S/C23H18BrN3O4/c24-20-12-18(27(30)31)11-15(21(20)28)14-25-26-22(29)19-13-23(19,16-7-3-1-4-8-16)17-9-5-2-6-10-17/h1-12,14,19,28H,13H2,(H,26,29)/b25-14-. The van der Waals surface area contributed by atoms with E-state index in [4.69, 9.17) is 0 Å². The van der Waals surface area contributed by atoms with Crippen molar-refractivity contribution in [3.8, 4) is 5.75 Å². The zero-order valence-electron chi connectivity index (χ0n) is 16.2. The maximum atomic E-state index is 12.9. The number of hydrazone groups is 1. The number of halogens is 1. The number of carbonyl (C=O) groups excluding carboxylic acids is 1. The van der Waals surface area contributed by atoms with Gasteiger partial charge in [0, 0.05) is 23.1 Å².